The van der Waals surface area contributed by atoms with Gasteiger partial charge < -0.3 is 10.1 Å². The Morgan fingerprint density at radius 2 is 1.90 bits per heavy atom. The number of hydrogen-bond donors (Lipinski definition) is 1. The van der Waals surface area contributed by atoms with Crippen molar-refractivity contribution in [3.63, 3.8) is 0 Å². The number of nitrogens with zero attached hydrogens (tertiary/aromatic N) is 2. The van der Waals surface area contributed by atoms with Crippen molar-refractivity contribution in [1.29, 1.82) is 0 Å². The molecule has 0 aliphatic carbocycles. The maximum absolute atomic E-state index is 13.4. The van der Waals surface area contributed by atoms with Gasteiger partial charge in [-0.1, -0.05) is 28.1 Å². The number of aromatic nitrogens is 2. The average Bonchev–Trinajstić information content (AvgIpc) is 2.79. The van der Waals surface area contributed by atoms with E-state index in [1.807, 2.05) is 24.3 Å². The minimum atomic E-state index is -0.282. The van der Waals surface area contributed by atoms with E-state index in [1.165, 1.54) is 12.3 Å². The van der Waals surface area contributed by atoms with Gasteiger partial charge in [-0.2, -0.15) is 0 Å². The lowest BCUT2D eigenvalue weighted by Crippen LogP contribution is -2.06. The number of hydrogen-bond acceptors (Lipinski definition) is 2. The first-order valence-electron chi connectivity index (χ1n) is 6.31. The maximum Gasteiger partial charge on any atom is 0.139 e. The molecule has 3 aromatic rings. The summed E-state index contributed by atoms with van der Waals surface area (Å²) in [6.07, 6.45) is 2.10. The maximum atomic E-state index is 13.4. The summed E-state index contributed by atoms with van der Waals surface area (Å²) in [5.41, 5.74) is 9.20. The first-order valence-corrected chi connectivity index (χ1v) is 7.11. The quantitative estimate of drug-likeness (QED) is 0.798. The largest absolute Gasteiger partial charge is 0.330 e. The van der Waals surface area contributed by atoms with Crippen LogP contribution in [-0.2, 0) is 6.42 Å². The predicted octanol–water partition coefficient (Wildman–Crippen LogP) is 3.40. The van der Waals surface area contributed by atoms with Gasteiger partial charge in [-0.3, -0.25) is 0 Å². The molecule has 102 valence electrons. The zero-order valence-corrected chi connectivity index (χ0v) is 12.3. The van der Waals surface area contributed by atoms with Crippen LogP contribution in [0.3, 0.4) is 0 Å². The Balaban J connectivity index is 2.23. The molecule has 3 rings (SSSR count). The van der Waals surface area contributed by atoms with Gasteiger partial charge in [-0.05, 0) is 30.8 Å². The summed E-state index contributed by atoms with van der Waals surface area (Å²) in [4.78, 5) is 4.60. The number of imidazole rings is 1. The van der Waals surface area contributed by atoms with Crippen molar-refractivity contribution >= 4 is 21.6 Å². The number of benzene rings is 1. The third kappa shape index (κ3) is 2.34. The molecule has 1 aromatic carbocycles. The molecule has 0 radical (unpaired) electrons. The fraction of sp³-hybridized carbons (Fsp3) is 0.133. The number of fused-ring (bicyclic) bond motifs is 1. The van der Waals surface area contributed by atoms with Crippen molar-refractivity contribution in [3.05, 3.63) is 58.6 Å². The second-order valence-corrected chi connectivity index (χ2v) is 5.44. The van der Waals surface area contributed by atoms with Crippen LogP contribution in [0.2, 0.25) is 0 Å². The SMILES string of the molecule is NCCc1c(-c2ccc(Br)cc2)nc2ccc(F)cn12. The first kappa shape index (κ1) is 13.3. The molecule has 20 heavy (non-hydrogen) atoms. The Hall–Kier alpha value is -1.72. The van der Waals surface area contributed by atoms with Gasteiger partial charge in [-0.25, -0.2) is 9.37 Å². The highest BCUT2D eigenvalue weighted by molar-refractivity contribution is 9.10. The molecule has 0 aliphatic heterocycles. The summed E-state index contributed by atoms with van der Waals surface area (Å²) in [6.45, 7) is 0.494. The molecule has 2 aromatic heterocycles. The Labute approximate surface area is 124 Å². The van der Waals surface area contributed by atoms with E-state index in [-0.39, 0.29) is 5.82 Å². The van der Waals surface area contributed by atoms with E-state index in [2.05, 4.69) is 20.9 Å². The van der Waals surface area contributed by atoms with Crippen LogP contribution in [0.1, 0.15) is 5.69 Å². The van der Waals surface area contributed by atoms with Crippen LogP contribution in [0.25, 0.3) is 16.9 Å². The highest BCUT2D eigenvalue weighted by Crippen LogP contribution is 2.26. The van der Waals surface area contributed by atoms with Crippen molar-refractivity contribution in [1.82, 2.24) is 9.38 Å². The minimum absolute atomic E-state index is 0.282. The molecule has 0 aliphatic rings. The van der Waals surface area contributed by atoms with Crippen molar-refractivity contribution < 1.29 is 4.39 Å². The second kappa shape index (κ2) is 5.34. The summed E-state index contributed by atoms with van der Waals surface area (Å²) in [7, 11) is 0. The number of rotatable bonds is 3. The van der Waals surface area contributed by atoms with Gasteiger partial charge in [0.25, 0.3) is 0 Å². The Morgan fingerprint density at radius 1 is 1.15 bits per heavy atom. The van der Waals surface area contributed by atoms with Crippen LogP contribution in [0, 0.1) is 5.82 Å². The molecule has 2 heterocycles. The van der Waals surface area contributed by atoms with Crippen molar-refractivity contribution in [2.24, 2.45) is 5.73 Å². The average molecular weight is 334 g/mol. The summed E-state index contributed by atoms with van der Waals surface area (Å²) in [6, 6.07) is 11.0. The fourth-order valence-corrected chi connectivity index (χ4v) is 2.55. The van der Waals surface area contributed by atoms with Crippen molar-refractivity contribution in [2.75, 3.05) is 6.54 Å². The standard InChI is InChI=1S/C15H13BrFN3/c16-11-3-1-10(2-4-11)15-13(7-8-18)20-9-12(17)5-6-14(20)19-15/h1-6,9H,7-8,18H2. The van der Waals surface area contributed by atoms with Crippen LogP contribution in [0.4, 0.5) is 4.39 Å². The Kier molecular flexibility index (Phi) is 3.54. The third-order valence-electron chi connectivity index (χ3n) is 3.18. The molecule has 5 heteroatoms. The van der Waals surface area contributed by atoms with E-state index in [0.717, 1.165) is 27.1 Å². The minimum Gasteiger partial charge on any atom is -0.330 e. The molecular weight excluding hydrogens is 321 g/mol. The number of halogens is 2. The highest BCUT2D eigenvalue weighted by Gasteiger charge is 2.13. The van der Waals surface area contributed by atoms with Crippen molar-refractivity contribution in [2.45, 2.75) is 6.42 Å². The molecule has 0 saturated carbocycles. The summed E-state index contributed by atoms with van der Waals surface area (Å²) < 4.78 is 16.2. The smallest absolute Gasteiger partial charge is 0.139 e. The topological polar surface area (TPSA) is 43.3 Å². The van der Waals surface area contributed by atoms with Gasteiger partial charge in [0.05, 0.1) is 11.4 Å². The van der Waals surface area contributed by atoms with E-state index < -0.39 is 0 Å². The van der Waals surface area contributed by atoms with E-state index in [0.29, 0.717) is 13.0 Å². The number of pyridine rings is 1. The Morgan fingerprint density at radius 3 is 2.60 bits per heavy atom. The molecule has 0 atom stereocenters. The van der Waals surface area contributed by atoms with Gasteiger partial charge in [0.2, 0.25) is 0 Å². The van der Waals surface area contributed by atoms with Gasteiger partial charge in [0.15, 0.2) is 0 Å². The summed E-state index contributed by atoms with van der Waals surface area (Å²) >= 11 is 3.42. The summed E-state index contributed by atoms with van der Waals surface area (Å²) in [5, 5.41) is 0. The zero-order chi connectivity index (χ0) is 14.1. The normalized spacial score (nSPS) is 11.2. The lowest BCUT2D eigenvalue weighted by Gasteiger charge is -2.04. The second-order valence-electron chi connectivity index (χ2n) is 4.53. The molecule has 0 unspecified atom stereocenters. The fourth-order valence-electron chi connectivity index (χ4n) is 2.28. The van der Waals surface area contributed by atoms with Crippen LogP contribution in [0.15, 0.2) is 47.1 Å². The first-order chi connectivity index (χ1) is 9.69. The molecule has 0 saturated heterocycles. The summed E-state index contributed by atoms with van der Waals surface area (Å²) in [5.74, 6) is -0.282. The van der Waals surface area contributed by atoms with Gasteiger partial charge in [0.1, 0.15) is 11.5 Å². The van der Waals surface area contributed by atoms with E-state index in [9.17, 15) is 4.39 Å². The molecule has 3 nitrogen and oxygen atoms in total. The molecule has 2 N–H and O–H groups in total. The van der Waals surface area contributed by atoms with Crippen LogP contribution < -0.4 is 5.73 Å². The van der Waals surface area contributed by atoms with Crippen molar-refractivity contribution in [3.8, 4) is 11.3 Å². The Bertz CT molecular complexity index is 750. The van der Waals surface area contributed by atoms with E-state index >= 15 is 0 Å². The van der Waals surface area contributed by atoms with Gasteiger partial charge in [-0.15, -0.1) is 0 Å². The monoisotopic (exact) mass is 333 g/mol. The van der Waals surface area contributed by atoms with Crippen LogP contribution in [-0.4, -0.2) is 15.9 Å². The molecular formula is C15H13BrFN3. The van der Waals surface area contributed by atoms with Crippen LogP contribution in [0.5, 0.6) is 0 Å². The molecule has 0 fully saturated rings. The zero-order valence-electron chi connectivity index (χ0n) is 10.7. The van der Waals surface area contributed by atoms with Crippen LogP contribution >= 0.6 is 15.9 Å². The lowest BCUT2D eigenvalue weighted by atomic mass is 10.1. The molecule has 0 spiro atoms. The number of nitrogens with two attached hydrogens (primary N) is 1. The highest BCUT2D eigenvalue weighted by atomic mass is 79.9. The van der Waals surface area contributed by atoms with Gasteiger partial charge >= 0.3 is 0 Å². The molecule has 0 bridgehead atoms. The van der Waals surface area contributed by atoms with E-state index in [4.69, 9.17) is 5.73 Å². The van der Waals surface area contributed by atoms with Gasteiger partial charge in [0, 0.05) is 22.7 Å². The predicted molar refractivity (Wildman–Crippen MR) is 81.0 cm³/mol. The lowest BCUT2D eigenvalue weighted by molar-refractivity contribution is 0.617. The third-order valence-corrected chi connectivity index (χ3v) is 3.71. The van der Waals surface area contributed by atoms with E-state index in [1.54, 1.807) is 10.5 Å². The molecule has 0 amide bonds.